The van der Waals surface area contributed by atoms with Gasteiger partial charge in [-0.25, -0.2) is 0 Å². The average Bonchev–Trinajstić information content (AvgIpc) is 2.61. The third-order valence-corrected chi connectivity index (χ3v) is 3.65. The zero-order valence-corrected chi connectivity index (χ0v) is 11.1. The quantitative estimate of drug-likeness (QED) is 0.853. The standard InChI is InChI=1S/C15H23NO/c1-15(2)9-8-13(10-15)16-14-7-5-4-6-12(14)11-17-3/h4-7,13,16H,8-11H2,1-3H3. The van der Waals surface area contributed by atoms with Crippen molar-refractivity contribution in [3.63, 3.8) is 0 Å². The van der Waals surface area contributed by atoms with E-state index in [0.717, 1.165) is 0 Å². The van der Waals surface area contributed by atoms with E-state index in [1.165, 1.54) is 30.5 Å². The highest BCUT2D eigenvalue weighted by molar-refractivity contribution is 5.51. The summed E-state index contributed by atoms with van der Waals surface area (Å²) in [6.45, 7) is 5.39. The van der Waals surface area contributed by atoms with Gasteiger partial charge in [0.15, 0.2) is 0 Å². The molecule has 0 aliphatic heterocycles. The average molecular weight is 233 g/mol. The summed E-state index contributed by atoms with van der Waals surface area (Å²) in [5.41, 5.74) is 2.98. The van der Waals surface area contributed by atoms with E-state index in [0.29, 0.717) is 18.1 Å². The Labute approximate surface area is 104 Å². The number of hydrogen-bond donors (Lipinski definition) is 1. The number of nitrogens with one attached hydrogen (secondary N) is 1. The number of benzene rings is 1. The van der Waals surface area contributed by atoms with Crippen LogP contribution in [-0.2, 0) is 11.3 Å². The molecule has 1 fully saturated rings. The molecule has 1 unspecified atom stereocenters. The predicted octanol–water partition coefficient (Wildman–Crippen LogP) is 3.82. The summed E-state index contributed by atoms with van der Waals surface area (Å²) in [4.78, 5) is 0. The molecule has 0 radical (unpaired) electrons. The Hall–Kier alpha value is -1.02. The van der Waals surface area contributed by atoms with Crippen molar-refractivity contribution < 1.29 is 4.74 Å². The maximum atomic E-state index is 5.23. The minimum absolute atomic E-state index is 0.494. The third kappa shape index (κ3) is 3.22. The van der Waals surface area contributed by atoms with E-state index in [1.54, 1.807) is 7.11 Å². The first kappa shape index (κ1) is 12.4. The summed E-state index contributed by atoms with van der Waals surface area (Å²) in [7, 11) is 1.75. The fourth-order valence-corrected chi connectivity index (χ4v) is 2.72. The van der Waals surface area contributed by atoms with E-state index < -0.39 is 0 Å². The highest BCUT2D eigenvalue weighted by atomic mass is 16.5. The number of hydrogen-bond acceptors (Lipinski definition) is 2. The number of methoxy groups -OCH3 is 1. The number of para-hydroxylation sites is 1. The maximum Gasteiger partial charge on any atom is 0.0733 e. The smallest absolute Gasteiger partial charge is 0.0733 e. The lowest BCUT2D eigenvalue weighted by Crippen LogP contribution is -2.18. The summed E-state index contributed by atoms with van der Waals surface area (Å²) >= 11 is 0. The van der Waals surface area contributed by atoms with Crippen LogP contribution in [0.2, 0.25) is 0 Å². The van der Waals surface area contributed by atoms with E-state index in [4.69, 9.17) is 4.74 Å². The molecule has 1 aromatic rings. The van der Waals surface area contributed by atoms with Crippen LogP contribution in [0.1, 0.15) is 38.7 Å². The molecule has 17 heavy (non-hydrogen) atoms. The molecule has 0 amide bonds. The highest BCUT2D eigenvalue weighted by Gasteiger charge is 2.30. The Bertz CT molecular complexity index is 373. The molecule has 0 heterocycles. The van der Waals surface area contributed by atoms with E-state index in [-0.39, 0.29) is 0 Å². The first-order chi connectivity index (χ1) is 8.11. The molecule has 1 aliphatic carbocycles. The van der Waals surface area contributed by atoms with Crippen molar-refractivity contribution in [1.29, 1.82) is 0 Å². The molecular formula is C15H23NO. The molecule has 94 valence electrons. The molecule has 2 heteroatoms. The number of ether oxygens (including phenoxy) is 1. The van der Waals surface area contributed by atoms with Crippen molar-refractivity contribution in [2.24, 2.45) is 5.41 Å². The summed E-state index contributed by atoms with van der Waals surface area (Å²) in [6, 6.07) is 9.05. The van der Waals surface area contributed by atoms with Crippen LogP contribution in [0.3, 0.4) is 0 Å². The zero-order valence-electron chi connectivity index (χ0n) is 11.1. The van der Waals surface area contributed by atoms with E-state index >= 15 is 0 Å². The van der Waals surface area contributed by atoms with Gasteiger partial charge in [0.1, 0.15) is 0 Å². The van der Waals surface area contributed by atoms with Crippen molar-refractivity contribution in [2.45, 2.75) is 45.8 Å². The van der Waals surface area contributed by atoms with Gasteiger partial charge < -0.3 is 10.1 Å². The van der Waals surface area contributed by atoms with E-state index in [1.807, 2.05) is 0 Å². The molecule has 0 bridgehead atoms. The molecule has 1 aromatic carbocycles. The van der Waals surface area contributed by atoms with Crippen LogP contribution < -0.4 is 5.32 Å². The van der Waals surface area contributed by atoms with Crippen LogP contribution in [0.4, 0.5) is 5.69 Å². The Balaban J connectivity index is 2.03. The van der Waals surface area contributed by atoms with Crippen molar-refractivity contribution in [3.8, 4) is 0 Å². The van der Waals surface area contributed by atoms with Crippen molar-refractivity contribution in [2.75, 3.05) is 12.4 Å². The third-order valence-electron chi connectivity index (χ3n) is 3.65. The minimum atomic E-state index is 0.494. The second-order valence-electron chi connectivity index (χ2n) is 5.84. The summed E-state index contributed by atoms with van der Waals surface area (Å²) in [5.74, 6) is 0. The Morgan fingerprint density at radius 2 is 2.12 bits per heavy atom. The van der Waals surface area contributed by atoms with Gasteiger partial charge in [0, 0.05) is 24.4 Å². The van der Waals surface area contributed by atoms with Gasteiger partial charge in [0.2, 0.25) is 0 Å². The van der Waals surface area contributed by atoms with Crippen LogP contribution in [-0.4, -0.2) is 13.2 Å². The second-order valence-corrected chi connectivity index (χ2v) is 5.84. The summed E-state index contributed by atoms with van der Waals surface area (Å²) in [6.07, 6.45) is 3.85. The van der Waals surface area contributed by atoms with E-state index in [9.17, 15) is 0 Å². The first-order valence-electron chi connectivity index (χ1n) is 6.44. The van der Waals surface area contributed by atoms with Crippen LogP contribution >= 0.6 is 0 Å². The molecule has 2 rings (SSSR count). The number of anilines is 1. The first-order valence-corrected chi connectivity index (χ1v) is 6.44. The highest BCUT2D eigenvalue weighted by Crippen LogP contribution is 2.38. The minimum Gasteiger partial charge on any atom is -0.382 e. The lowest BCUT2D eigenvalue weighted by Gasteiger charge is -2.20. The molecule has 1 saturated carbocycles. The van der Waals surface area contributed by atoms with Gasteiger partial charge in [-0.3, -0.25) is 0 Å². The van der Waals surface area contributed by atoms with Gasteiger partial charge in [0.25, 0.3) is 0 Å². The Kier molecular flexibility index (Phi) is 3.72. The van der Waals surface area contributed by atoms with E-state index in [2.05, 4.69) is 43.4 Å². The summed E-state index contributed by atoms with van der Waals surface area (Å²) in [5, 5.41) is 3.67. The maximum absolute atomic E-state index is 5.23. The van der Waals surface area contributed by atoms with Crippen molar-refractivity contribution in [1.82, 2.24) is 0 Å². The number of rotatable bonds is 4. The van der Waals surface area contributed by atoms with Gasteiger partial charge in [0.05, 0.1) is 6.61 Å². The second kappa shape index (κ2) is 5.09. The molecule has 1 atom stereocenters. The summed E-state index contributed by atoms with van der Waals surface area (Å²) < 4.78 is 5.23. The van der Waals surface area contributed by atoms with Gasteiger partial charge in [-0.15, -0.1) is 0 Å². The Morgan fingerprint density at radius 1 is 1.35 bits per heavy atom. The molecule has 2 nitrogen and oxygen atoms in total. The largest absolute Gasteiger partial charge is 0.382 e. The molecule has 1 N–H and O–H groups in total. The van der Waals surface area contributed by atoms with Crippen LogP contribution in [0.25, 0.3) is 0 Å². The van der Waals surface area contributed by atoms with Crippen LogP contribution in [0.15, 0.2) is 24.3 Å². The van der Waals surface area contributed by atoms with Crippen molar-refractivity contribution in [3.05, 3.63) is 29.8 Å². The SMILES string of the molecule is COCc1ccccc1NC1CCC(C)(C)C1. The van der Waals surface area contributed by atoms with Crippen molar-refractivity contribution >= 4 is 5.69 Å². The lowest BCUT2D eigenvalue weighted by molar-refractivity contribution is 0.185. The fraction of sp³-hybridized carbons (Fsp3) is 0.600. The Morgan fingerprint density at radius 3 is 2.76 bits per heavy atom. The molecule has 0 spiro atoms. The zero-order chi connectivity index (χ0) is 12.3. The molecule has 0 aromatic heterocycles. The van der Waals surface area contributed by atoms with Gasteiger partial charge in [-0.2, -0.15) is 0 Å². The monoisotopic (exact) mass is 233 g/mol. The molecule has 0 saturated heterocycles. The van der Waals surface area contributed by atoms with Gasteiger partial charge in [-0.1, -0.05) is 32.0 Å². The normalized spacial score (nSPS) is 22.6. The van der Waals surface area contributed by atoms with Gasteiger partial charge in [-0.05, 0) is 30.7 Å². The predicted molar refractivity (Wildman–Crippen MR) is 72.2 cm³/mol. The van der Waals surface area contributed by atoms with Crippen LogP contribution in [0, 0.1) is 5.41 Å². The molecular weight excluding hydrogens is 210 g/mol. The molecule has 1 aliphatic rings. The van der Waals surface area contributed by atoms with Gasteiger partial charge >= 0.3 is 0 Å². The van der Waals surface area contributed by atoms with Crippen LogP contribution in [0.5, 0.6) is 0 Å². The lowest BCUT2D eigenvalue weighted by atomic mass is 9.92. The topological polar surface area (TPSA) is 21.3 Å². The fourth-order valence-electron chi connectivity index (χ4n) is 2.72.